The van der Waals surface area contributed by atoms with Gasteiger partial charge in [-0.1, -0.05) is 20.8 Å². The van der Waals surface area contributed by atoms with Crippen LogP contribution in [0, 0.1) is 46.3 Å². The Hall–Kier alpha value is -0.530. The summed E-state index contributed by atoms with van der Waals surface area (Å²) in [6.07, 6.45) is 7.25. The second-order valence-electron chi connectivity index (χ2n) is 14.8. The van der Waals surface area contributed by atoms with Crippen molar-refractivity contribution in [3.63, 3.8) is 0 Å². The lowest BCUT2D eigenvalue weighted by molar-refractivity contribution is -0.319. The summed E-state index contributed by atoms with van der Waals surface area (Å²) in [5.41, 5.74) is -1.64. The van der Waals surface area contributed by atoms with Gasteiger partial charge >= 0.3 is 0 Å². The van der Waals surface area contributed by atoms with Gasteiger partial charge in [-0.2, -0.15) is 0 Å². The fourth-order valence-corrected chi connectivity index (χ4v) is 10.1. The number of Topliss-reactive ketones (excluding diaryl/α,β-unsaturated/α-hetero) is 1. The molecule has 0 amide bonds. The average molecular weight is 507 g/mol. The van der Waals surface area contributed by atoms with Crippen molar-refractivity contribution in [1.29, 1.82) is 0 Å². The molecule has 0 radical (unpaired) electrons. The van der Waals surface area contributed by atoms with E-state index in [0.717, 1.165) is 51.4 Å². The first kappa shape index (κ1) is 27.1. The molecule has 6 heteroatoms. The van der Waals surface area contributed by atoms with Crippen LogP contribution >= 0.6 is 0 Å². The van der Waals surface area contributed by atoms with Crippen LogP contribution in [0.2, 0.25) is 0 Å². The Morgan fingerprint density at radius 1 is 1.06 bits per heavy atom. The minimum atomic E-state index is -1.72. The van der Waals surface area contributed by atoms with E-state index < -0.39 is 29.4 Å². The van der Waals surface area contributed by atoms with Crippen LogP contribution in [-0.4, -0.2) is 50.5 Å². The molecule has 2 unspecified atom stereocenters. The highest BCUT2D eigenvalue weighted by atomic mass is 16.9. The number of fused-ring (bicyclic) bond motifs is 5. The third-order valence-corrected chi connectivity index (χ3v) is 12.3. The zero-order chi connectivity index (χ0) is 26.5. The minimum absolute atomic E-state index is 0.0681. The van der Waals surface area contributed by atoms with E-state index in [4.69, 9.17) is 9.47 Å². The largest absolute Gasteiger partial charge is 0.393 e. The zero-order valence-corrected chi connectivity index (χ0v) is 23.5. The highest BCUT2D eigenvalue weighted by Gasteiger charge is 2.69. The smallest absolute Gasteiger partial charge is 0.278 e. The number of carbonyl (C=O) groups is 1. The molecule has 3 N–H and O–H groups in total. The van der Waals surface area contributed by atoms with Crippen LogP contribution in [0.15, 0.2) is 0 Å². The van der Waals surface area contributed by atoms with E-state index in [9.17, 15) is 20.1 Å². The van der Waals surface area contributed by atoms with Gasteiger partial charge in [0.25, 0.3) is 5.97 Å². The maximum Gasteiger partial charge on any atom is 0.278 e. The van der Waals surface area contributed by atoms with Crippen molar-refractivity contribution in [3.8, 4) is 0 Å². The molecule has 206 valence electrons. The molecule has 0 aromatic heterocycles. The van der Waals surface area contributed by atoms with Crippen LogP contribution < -0.4 is 0 Å². The molecule has 5 rings (SSSR count). The molecular weight excluding hydrogens is 456 g/mol. The summed E-state index contributed by atoms with van der Waals surface area (Å²) < 4.78 is 12.4. The highest BCUT2D eigenvalue weighted by molar-refractivity contribution is 5.79. The van der Waals surface area contributed by atoms with Gasteiger partial charge < -0.3 is 24.8 Å². The first-order chi connectivity index (χ1) is 16.5. The summed E-state index contributed by atoms with van der Waals surface area (Å²) >= 11 is 0. The van der Waals surface area contributed by atoms with Gasteiger partial charge in [-0.05, 0) is 106 Å². The predicted octanol–water partition coefficient (Wildman–Crippen LogP) is 4.82. The molecule has 1 heterocycles. The number of ketones is 1. The van der Waals surface area contributed by atoms with Crippen molar-refractivity contribution >= 4 is 5.78 Å². The van der Waals surface area contributed by atoms with E-state index in [0.29, 0.717) is 35.9 Å². The van der Waals surface area contributed by atoms with Gasteiger partial charge in [0.1, 0.15) is 11.4 Å². The summed E-state index contributed by atoms with van der Waals surface area (Å²) in [7, 11) is 0. The number of ether oxygens (including phenoxy) is 2. The first-order valence-electron chi connectivity index (χ1n) is 14.5. The Kier molecular flexibility index (Phi) is 6.37. The van der Waals surface area contributed by atoms with E-state index in [1.165, 1.54) is 0 Å². The summed E-state index contributed by atoms with van der Waals surface area (Å²) in [5, 5.41) is 33.2. The van der Waals surface area contributed by atoms with Gasteiger partial charge in [0, 0.05) is 25.7 Å². The Balaban J connectivity index is 1.45. The molecule has 4 aliphatic carbocycles. The molecule has 0 spiro atoms. The molecule has 4 saturated carbocycles. The van der Waals surface area contributed by atoms with E-state index in [-0.39, 0.29) is 22.7 Å². The molecular formula is C30H50O6. The van der Waals surface area contributed by atoms with Gasteiger partial charge in [-0.25, -0.2) is 0 Å². The lowest BCUT2D eigenvalue weighted by Gasteiger charge is -2.61. The third kappa shape index (κ3) is 4.04. The molecule has 1 saturated heterocycles. The van der Waals surface area contributed by atoms with Gasteiger partial charge in [0.2, 0.25) is 0 Å². The number of carbonyl (C=O) groups excluding carboxylic acids is 1. The van der Waals surface area contributed by atoms with Crippen LogP contribution in [0.1, 0.15) is 106 Å². The summed E-state index contributed by atoms with van der Waals surface area (Å²) in [5.74, 6) is 0.559. The van der Waals surface area contributed by atoms with Crippen molar-refractivity contribution in [2.45, 2.75) is 136 Å². The molecule has 1 aliphatic heterocycles. The maximum absolute atomic E-state index is 12.2. The number of rotatable bonds is 4. The van der Waals surface area contributed by atoms with Gasteiger partial charge in [0.05, 0.1) is 17.8 Å². The van der Waals surface area contributed by atoms with Crippen LogP contribution in [-0.2, 0) is 14.3 Å². The highest BCUT2D eigenvalue weighted by Crippen LogP contribution is 2.69. The standard InChI is InChI=1S/C30H50O6/c1-17(26(2,3)33)14-24-29(6,36-30(7,34)35-24)25-23(32)16-22-20-9-8-18-15-19(31)10-12-27(18,4)21(20)11-13-28(22,25)5/h17-18,20-25,32-34H,8-16H2,1-7H3/t17?,18-,20+,21-,22-,23-,24+,25-,27-,28-,29+,30?/m0/s1. The SMILES string of the molecule is CC(C[C@H]1OC(C)(O)O[C@@]1(C)[C@H]1[C@@H](O)C[C@H]2[C@@H]3CC[C@H]4CC(=O)CC[C@]4(C)[C@H]3CC[C@@]21C)C(C)(C)O. The minimum Gasteiger partial charge on any atom is -0.393 e. The lowest BCUT2D eigenvalue weighted by atomic mass is 9.44. The first-order valence-corrected chi connectivity index (χ1v) is 14.5. The molecule has 36 heavy (non-hydrogen) atoms. The van der Waals surface area contributed by atoms with Crippen molar-refractivity contribution in [1.82, 2.24) is 0 Å². The monoisotopic (exact) mass is 506 g/mol. The Morgan fingerprint density at radius 2 is 1.75 bits per heavy atom. The van der Waals surface area contributed by atoms with E-state index in [1.807, 2.05) is 27.7 Å². The second-order valence-corrected chi connectivity index (χ2v) is 14.8. The number of aliphatic hydroxyl groups excluding tert-OH is 1. The Morgan fingerprint density at radius 3 is 2.42 bits per heavy atom. The molecule has 5 fully saturated rings. The van der Waals surface area contributed by atoms with E-state index in [2.05, 4.69) is 13.8 Å². The van der Waals surface area contributed by atoms with Crippen LogP contribution in [0.25, 0.3) is 0 Å². The van der Waals surface area contributed by atoms with Gasteiger partial charge in [0.15, 0.2) is 0 Å². The van der Waals surface area contributed by atoms with E-state index >= 15 is 0 Å². The van der Waals surface area contributed by atoms with Crippen molar-refractivity contribution in [3.05, 3.63) is 0 Å². The van der Waals surface area contributed by atoms with Crippen LogP contribution in [0.5, 0.6) is 0 Å². The van der Waals surface area contributed by atoms with Crippen molar-refractivity contribution in [2.75, 3.05) is 0 Å². The molecule has 0 aromatic carbocycles. The number of hydrogen-bond donors (Lipinski definition) is 3. The Bertz CT molecular complexity index is 879. The van der Waals surface area contributed by atoms with E-state index in [1.54, 1.807) is 6.92 Å². The molecule has 0 bridgehead atoms. The normalized spacial score (nSPS) is 54.1. The number of hydrogen-bond acceptors (Lipinski definition) is 6. The zero-order valence-electron chi connectivity index (χ0n) is 23.5. The summed E-state index contributed by atoms with van der Waals surface area (Å²) in [4.78, 5) is 12.2. The van der Waals surface area contributed by atoms with Crippen molar-refractivity contribution < 1.29 is 29.6 Å². The maximum atomic E-state index is 12.2. The molecule has 6 nitrogen and oxygen atoms in total. The average Bonchev–Trinajstić information content (AvgIpc) is 3.15. The van der Waals surface area contributed by atoms with Crippen LogP contribution in [0.4, 0.5) is 0 Å². The second kappa shape index (κ2) is 8.48. The topological polar surface area (TPSA) is 96.2 Å². The lowest BCUT2D eigenvalue weighted by Crippen LogP contribution is -2.58. The fourth-order valence-electron chi connectivity index (χ4n) is 10.1. The van der Waals surface area contributed by atoms with Crippen molar-refractivity contribution in [2.24, 2.45) is 46.3 Å². The molecule has 12 atom stereocenters. The van der Waals surface area contributed by atoms with Gasteiger partial charge in [-0.15, -0.1) is 0 Å². The Labute approximate surface area is 217 Å². The van der Waals surface area contributed by atoms with Crippen LogP contribution in [0.3, 0.4) is 0 Å². The third-order valence-electron chi connectivity index (χ3n) is 12.3. The van der Waals surface area contributed by atoms with Gasteiger partial charge in [-0.3, -0.25) is 4.79 Å². The molecule has 5 aliphatic rings. The predicted molar refractivity (Wildman–Crippen MR) is 137 cm³/mol. The summed E-state index contributed by atoms with van der Waals surface area (Å²) in [6, 6.07) is 0. The fraction of sp³-hybridized carbons (Fsp3) is 0.967. The summed E-state index contributed by atoms with van der Waals surface area (Å²) in [6.45, 7) is 14.0. The number of aliphatic hydroxyl groups is 3. The quantitative estimate of drug-likeness (QED) is 0.506. The molecule has 0 aromatic rings.